The van der Waals surface area contributed by atoms with Crippen LogP contribution >= 0.6 is 0 Å². The lowest BCUT2D eigenvalue weighted by Crippen LogP contribution is -1.98. The molecule has 14 heavy (non-hydrogen) atoms. The van der Waals surface area contributed by atoms with Gasteiger partial charge in [-0.1, -0.05) is 17.6 Å². The van der Waals surface area contributed by atoms with E-state index in [1.54, 1.807) is 0 Å². The average molecular weight is 180 g/mol. The number of aromatic nitrogens is 2. The Bertz CT molecular complexity index is 613. The third-order valence-electron chi connectivity index (χ3n) is 2.53. The van der Waals surface area contributed by atoms with Gasteiger partial charge in [0.2, 0.25) is 0 Å². The number of pyridine rings is 1. The van der Waals surface area contributed by atoms with E-state index in [4.69, 9.17) is 0 Å². The summed E-state index contributed by atoms with van der Waals surface area (Å²) in [5.74, 6) is 0. The number of benzene rings is 1. The molecule has 0 saturated heterocycles. The van der Waals surface area contributed by atoms with Crippen LogP contribution in [-0.4, -0.2) is 17.8 Å². The van der Waals surface area contributed by atoms with Crippen LogP contribution in [0.25, 0.3) is 21.9 Å². The molecule has 0 spiro atoms. The lowest BCUT2D eigenvalue weighted by molar-refractivity contribution is 1.35. The molecular weight excluding hydrogens is 171 g/mol. The van der Waals surface area contributed by atoms with Gasteiger partial charge in [-0.2, -0.15) is 0 Å². The molecule has 3 rings (SSSR count). The van der Waals surface area contributed by atoms with Crippen molar-refractivity contribution in [3.05, 3.63) is 36.5 Å². The van der Waals surface area contributed by atoms with Crippen molar-refractivity contribution in [3.63, 3.8) is 0 Å². The Morgan fingerprint density at radius 3 is 3.00 bits per heavy atom. The van der Waals surface area contributed by atoms with Crippen LogP contribution in [0.1, 0.15) is 0 Å². The molecule has 66 valence electrons. The highest BCUT2D eigenvalue weighted by Crippen LogP contribution is 2.21. The summed E-state index contributed by atoms with van der Waals surface area (Å²) in [5, 5.41) is 2.46. The zero-order valence-corrected chi connectivity index (χ0v) is 7.91. The molecular formula is C11H9BN2. The zero-order chi connectivity index (χ0) is 9.54. The summed E-state index contributed by atoms with van der Waals surface area (Å²) < 4.78 is 0. The van der Waals surface area contributed by atoms with Crippen LogP contribution in [0, 0.1) is 0 Å². The van der Waals surface area contributed by atoms with Crippen LogP contribution in [0.5, 0.6) is 0 Å². The van der Waals surface area contributed by atoms with Gasteiger partial charge in [0.1, 0.15) is 13.5 Å². The van der Waals surface area contributed by atoms with Gasteiger partial charge in [0, 0.05) is 22.5 Å². The van der Waals surface area contributed by atoms with Crippen molar-refractivity contribution in [1.82, 2.24) is 9.97 Å². The predicted molar refractivity (Wildman–Crippen MR) is 61.8 cm³/mol. The minimum atomic E-state index is 0.966. The lowest BCUT2D eigenvalue weighted by Gasteiger charge is -1.92. The van der Waals surface area contributed by atoms with Crippen molar-refractivity contribution in [3.8, 4) is 0 Å². The second kappa shape index (κ2) is 2.61. The molecule has 0 aliphatic heterocycles. The molecule has 0 unspecified atom stereocenters. The van der Waals surface area contributed by atoms with E-state index in [0.29, 0.717) is 0 Å². The first-order valence-corrected chi connectivity index (χ1v) is 4.68. The van der Waals surface area contributed by atoms with E-state index in [1.165, 1.54) is 16.2 Å². The molecule has 2 heterocycles. The standard InChI is InChI=1S/C11H9BN2/c12-7-3-4-10-9(6-7)8-2-1-5-13-11(8)14-10/h1-6H,12H2,(H,13,14). The highest BCUT2D eigenvalue weighted by atomic mass is 14.8. The zero-order valence-electron chi connectivity index (χ0n) is 7.91. The van der Waals surface area contributed by atoms with Crippen LogP contribution in [0.3, 0.4) is 0 Å². The van der Waals surface area contributed by atoms with E-state index in [0.717, 1.165) is 11.2 Å². The van der Waals surface area contributed by atoms with Crippen LogP contribution < -0.4 is 5.46 Å². The minimum absolute atomic E-state index is 0.966. The van der Waals surface area contributed by atoms with Gasteiger partial charge in [-0.25, -0.2) is 4.98 Å². The van der Waals surface area contributed by atoms with Crippen LogP contribution in [0.4, 0.5) is 0 Å². The molecule has 0 radical (unpaired) electrons. The lowest BCUT2D eigenvalue weighted by atomic mass is 9.95. The second-order valence-electron chi connectivity index (χ2n) is 3.57. The topological polar surface area (TPSA) is 28.7 Å². The van der Waals surface area contributed by atoms with E-state index >= 15 is 0 Å². The minimum Gasteiger partial charge on any atom is -0.339 e. The number of H-pyrrole nitrogens is 1. The van der Waals surface area contributed by atoms with Gasteiger partial charge in [-0.05, 0) is 18.2 Å². The molecule has 0 fully saturated rings. The summed E-state index contributed by atoms with van der Waals surface area (Å²) in [7, 11) is 2.11. The van der Waals surface area contributed by atoms with Crippen molar-refractivity contribution in [1.29, 1.82) is 0 Å². The first kappa shape index (κ1) is 7.62. The number of nitrogens with one attached hydrogen (secondary N) is 1. The molecule has 0 atom stereocenters. The first-order chi connectivity index (χ1) is 6.84. The van der Waals surface area contributed by atoms with Gasteiger partial charge in [-0.15, -0.1) is 0 Å². The van der Waals surface area contributed by atoms with Crippen LogP contribution in [0.2, 0.25) is 0 Å². The summed E-state index contributed by atoms with van der Waals surface area (Å²) in [4.78, 5) is 7.59. The molecule has 0 saturated carbocycles. The number of nitrogens with zero attached hydrogens (tertiary/aromatic N) is 1. The predicted octanol–water partition coefficient (Wildman–Crippen LogP) is 0.975. The summed E-state index contributed by atoms with van der Waals surface area (Å²) in [6.45, 7) is 0. The maximum Gasteiger partial charge on any atom is 0.139 e. The van der Waals surface area contributed by atoms with Gasteiger partial charge in [0.05, 0.1) is 0 Å². The smallest absolute Gasteiger partial charge is 0.139 e. The fourth-order valence-corrected chi connectivity index (χ4v) is 1.84. The van der Waals surface area contributed by atoms with E-state index in [9.17, 15) is 0 Å². The van der Waals surface area contributed by atoms with Crippen LogP contribution in [-0.2, 0) is 0 Å². The third kappa shape index (κ3) is 0.955. The number of fused-ring (bicyclic) bond motifs is 3. The molecule has 0 aliphatic carbocycles. The number of hydrogen-bond acceptors (Lipinski definition) is 1. The van der Waals surface area contributed by atoms with Crippen molar-refractivity contribution < 1.29 is 0 Å². The van der Waals surface area contributed by atoms with E-state index in [2.05, 4.69) is 42.1 Å². The maximum absolute atomic E-state index is 4.29. The Hall–Kier alpha value is -1.77. The SMILES string of the molecule is Bc1ccc2[nH]c3ncccc3c2c1. The second-order valence-corrected chi connectivity index (χ2v) is 3.57. The van der Waals surface area contributed by atoms with Gasteiger partial charge < -0.3 is 4.98 Å². The highest BCUT2D eigenvalue weighted by molar-refractivity contribution is 6.33. The largest absolute Gasteiger partial charge is 0.339 e. The summed E-state index contributed by atoms with van der Waals surface area (Å²) >= 11 is 0. The Balaban J connectivity index is 2.58. The van der Waals surface area contributed by atoms with Crippen LogP contribution in [0.15, 0.2) is 36.5 Å². The van der Waals surface area contributed by atoms with Crippen molar-refractivity contribution in [2.45, 2.75) is 0 Å². The molecule has 1 aromatic carbocycles. The fraction of sp³-hybridized carbons (Fsp3) is 0. The summed E-state index contributed by atoms with van der Waals surface area (Å²) in [6.07, 6.45) is 1.81. The quantitative estimate of drug-likeness (QED) is 0.513. The van der Waals surface area contributed by atoms with Crippen molar-refractivity contribution in [2.75, 3.05) is 0 Å². The molecule has 3 heteroatoms. The average Bonchev–Trinajstić information content (AvgIpc) is 2.56. The first-order valence-electron chi connectivity index (χ1n) is 4.68. The van der Waals surface area contributed by atoms with E-state index < -0.39 is 0 Å². The van der Waals surface area contributed by atoms with E-state index in [1.807, 2.05) is 12.3 Å². The summed E-state index contributed by atoms with van der Waals surface area (Å²) in [6, 6.07) is 10.5. The van der Waals surface area contributed by atoms with Gasteiger partial charge in [-0.3, -0.25) is 0 Å². The van der Waals surface area contributed by atoms with Gasteiger partial charge >= 0.3 is 0 Å². The third-order valence-corrected chi connectivity index (χ3v) is 2.53. The van der Waals surface area contributed by atoms with Crippen molar-refractivity contribution >= 4 is 35.2 Å². The molecule has 0 bridgehead atoms. The van der Waals surface area contributed by atoms with Gasteiger partial charge in [0.15, 0.2) is 0 Å². The number of rotatable bonds is 0. The highest BCUT2D eigenvalue weighted by Gasteiger charge is 2.03. The van der Waals surface area contributed by atoms with E-state index in [-0.39, 0.29) is 0 Å². The monoisotopic (exact) mass is 180 g/mol. The number of aromatic amines is 1. The molecule has 3 aromatic rings. The summed E-state index contributed by atoms with van der Waals surface area (Å²) in [5.41, 5.74) is 3.40. The Kier molecular flexibility index (Phi) is 1.42. The fourth-order valence-electron chi connectivity index (χ4n) is 1.84. The molecule has 0 aliphatic rings. The molecule has 1 N–H and O–H groups in total. The molecule has 0 amide bonds. The molecule has 2 aromatic heterocycles. The normalized spacial score (nSPS) is 11.1. The van der Waals surface area contributed by atoms with Crippen molar-refractivity contribution in [2.24, 2.45) is 0 Å². The Morgan fingerprint density at radius 2 is 2.07 bits per heavy atom. The molecule has 2 nitrogen and oxygen atoms in total. The maximum atomic E-state index is 4.29. The number of hydrogen-bond donors (Lipinski definition) is 1. The Morgan fingerprint density at radius 1 is 1.14 bits per heavy atom. The Labute approximate surface area is 82.4 Å². The van der Waals surface area contributed by atoms with Gasteiger partial charge in [0.25, 0.3) is 0 Å².